The van der Waals surface area contributed by atoms with Crippen molar-refractivity contribution >= 4 is 17.3 Å². The molecule has 1 fully saturated rings. The van der Waals surface area contributed by atoms with Crippen LogP contribution >= 0.6 is 0 Å². The maximum Gasteiger partial charge on any atom is 0.262 e. The minimum atomic E-state index is -0.450. The Hall–Kier alpha value is -3.31. The van der Waals surface area contributed by atoms with Crippen molar-refractivity contribution in [3.8, 4) is 5.75 Å². The zero-order chi connectivity index (χ0) is 19.8. The number of ether oxygens (including phenoxy) is 1. The summed E-state index contributed by atoms with van der Waals surface area (Å²) < 4.78 is 5.29. The molecular weight excluding hydrogens is 362 g/mol. The summed E-state index contributed by atoms with van der Waals surface area (Å²) in [5.41, 5.74) is 3.31. The van der Waals surface area contributed by atoms with Crippen LogP contribution in [0.3, 0.4) is 0 Å². The van der Waals surface area contributed by atoms with Crippen LogP contribution in [0.15, 0.2) is 78.9 Å². The van der Waals surface area contributed by atoms with Gasteiger partial charge in [-0.25, -0.2) is 0 Å². The summed E-state index contributed by atoms with van der Waals surface area (Å²) in [5, 5.41) is 3.67. The average Bonchev–Trinajstić information content (AvgIpc) is 2.74. The lowest BCUT2D eigenvalue weighted by molar-refractivity contribution is 0.0609. The lowest BCUT2D eigenvalue weighted by Crippen LogP contribution is -2.76. The zero-order valence-electron chi connectivity index (χ0n) is 16.3. The highest BCUT2D eigenvalue weighted by Crippen LogP contribution is 2.40. The number of carbonyl (C=O) groups excluding carboxylic acids is 1. The lowest BCUT2D eigenvalue weighted by atomic mass is 9.90. The van der Waals surface area contributed by atoms with Gasteiger partial charge in [-0.3, -0.25) is 14.6 Å². The number of hydrogen-bond donors (Lipinski definition) is 1. The number of nitrogens with zero attached hydrogens (tertiary/aromatic N) is 2. The third kappa shape index (κ3) is 3.04. The molecule has 0 atom stereocenters. The first kappa shape index (κ1) is 17.8. The summed E-state index contributed by atoms with van der Waals surface area (Å²) >= 11 is 0. The third-order valence-electron chi connectivity index (χ3n) is 5.71. The summed E-state index contributed by atoms with van der Waals surface area (Å²) in [6, 6.07) is 25.9. The van der Waals surface area contributed by atoms with Gasteiger partial charge in [-0.15, -0.1) is 0 Å². The fourth-order valence-corrected chi connectivity index (χ4v) is 4.36. The minimum Gasteiger partial charge on any atom is -0.497 e. The molecule has 2 aliphatic rings. The molecule has 0 unspecified atom stereocenters. The lowest BCUT2D eigenvalue weighted by Gasteiger charge is -2.58. The van der Waals surface area contributed by atoms with Crippen LogP contribution in [-0.4, -0.2) is 36.7 Å². The molecule has 2 heterocycles. The maximum atomic E-state index is 13.5. The van der Waals surface area contributed by atoms with E-state index in [-0.39, 0.29) is 5.91 Å². The smallest absolute Gasteiger partial charge is 0.262 e. The predicted octanol–water partition coefficient (Wildman–Crippen LogP) is 3.98. The van der Waals surface area contributed by atoms with E-state index in [0.717, 1.165) is 36.8 Å². The van der Waals surface area contributed by atoms with Gasteiger partial charge in [0.2, 0.25) is 0 Å². The molecule has 5 nitrogen and oxygen atoms in total. The topological polar surface area (TPSA) is 44.8 Å². The molecule has 0 bridgehead atoms. The quantitative estimate of drug-likeness (QED) is 0.738. The van der Waals surface area contributed by atoms with Gasteiger partial charge in [-0.1, -0.05) is 42.5 Å². The number of nitrogens with one attached hydrogen (secondary N) is 1. The maximum absolute atomic E-state index is 13.5. The summed E-state index contributed by atoms with van der Waals surface area (Å²) in [7, 11) is 1.65. The van der Waals surface area contributed by atoms with E-state index in [0.29, 0.717) is 5.56 Å². The Kier molecular flexibility index (Phi) is 4.25. The second-order valence-corrected chi connectivity index (χ2v) is 7.67. The van der Waals surface area contributed by atoms with Gasteiger partial charge in [0, 0.05) is 31.0 Å². The number of amides is 1. The molecule has 0 saturated carbocycles. The molecule has 0 aliphatic carbocycles. The Bertz CT molecular complexity index is 1030. The Balaban J connectivity index is 1.47. The molecule has 1 N–H and O–H groups in total. The number of hydrogen-bond acceptors (Lipinski definition) is 4. The highest BCUT2D eigenvalue weighted by atomic mass is 16.5. The standard InChI is InChI=1S/C24H23N3O2/c1-29-20-13-11-19(12-14-20)27-23(28)21-9-5-6-10-22(21)25-24(27)16-26(17-24)15-18-7-3-2-4-8-18/h2-14,25H,15-17H2,1H3. The van der Waals surface area contributed by atoms with Crippen LogP contribution < -0.4 is 15.0 Å². The van der Waals surface area contributed by atoms with Crippen molar-refractivity contribution < 1.29 is 9.53 Å². The first-order chi connectivity index (χ1) is 14.2. The molecule has 0 radical (unpaired) electrons. The number of rotatable bonds is 4. The molecule has 146 valence electrons. The van der Waals surface area contributed by atoms with E-state index in [1.165, 1.54) is 5.56 Å². The van der Waals surface area contributed by atoms with Crippen LogP contribution in [0.5, 0.6) is 5.75 Å². The number of carbonyl (C=O) groups is 1. The Morgan fingerprint density at radius 1 is 0.931 bits per heavy atom. The van der Waals surface area contributed by atoms with E-state index in [1.54, 1.807) is 7.11 Å². The van der Waals surface area contributed by atoms with Gasteiger partial charge in [0.25, 0.3) is 5.91 Å². The molecule has 1 amide bonds. The fraction of sp³-hybridized carbons (Fsp3) is 0.208. The van der Waals surface area contributed by atoms with Crippen molar-refractivity contribution in [2.24, 2.45) is 0 Å². The Morgan fingerprint density at radius 3 is 2.34 bits per heavy atom. The molecule has 29 heavy (non-hydrogen) atoms. The molecule has 1 spiro atoms. The molecule has 3 aromatic rings. The van der Waals surface area contributed by atoms with Gasteiger partial charge in [-0.05, 0) is 42.0 Å². The number of methoxy groups -OCH3 is 1. The number of benzene rings is 3. The number of fused-ring (bicyclic) bond motifs is 1. The SMILES string of the molecule is COc1ccc(N2C(=O)c3ccccc3NC23CN(Cc2ccccc2)C3)cc1. The third-order valence-corrected chi connectivity index (χ3v) is 5.71. The molecular formula is C24H23N3O2. The summed E-state index contributed by atoms with van der Waals surface area (Å²) in [6.07, 6.45) is 0. The summed E-state index contributed by atoms with van der Waals surface area (Å²) in [6.45, 7) is 2.39. The van der Waals surface area contributed by atoms with E-state index in [9.17, 15) is 4.79 Å². The molecule has 1 saturated heterocycles. The molecule has 2 aliphatic heterocycles. The van der Waals surface area contributed by atoms with Crippen molar-refractivity contribution in [3.05, 3.63) is 90.0 Å². The normalized spacial score (nSPS) is 17.4. The second-order valence-electron chi connectivity index (χ2n) is 7.67. The zero-order valence-corrected chi connectivity index (χ0v) is 16.3. The van der Waals surface area contributed by atoms with Crippen molar-refractivity contribution in [2.75, 3.05) is 30.4 Å². The van der Waals surface area contributed by atoms with Crippen LogP contribution in [0.4, 0.5) is 11.4 Å². The molecule has 0 aromatic heterocycles. The molecule has 3 aromatic carbocycles. The van der Waals surface area contributed by atoms with Crippen LogP contribution in [-0.2, 0) is 6.54 Å². The van der Waals surface area contributed by atoms with Crippen LogP contribution in [0.2, 0.25) is 0 Å². The van der Waals surface area contributed by atoms with E-state index in [4.69, 9.17) is 4.74 Å². The van der Waals surface area contributed by atoms with Gasteiger partial charge in [-0.2, -0.15) is 0 Å². The average molecular weight is 385 g/mol. The van der Waals surface area contributed by atoms with Gasteiger partial charge in [0.1, 0.15) is 11.4 Å². The van der Waals surface area contributed by atoms with Crippen LogP contribution in [0.25, 0.3) is 0 Å². The van der Waals surface area contributed by atoms with E-state index < -0.39 is 5.66 Å². The summed E-state index contributed by atoms with van der Waals surface area (Å²) in [5.74, 6) is 0.809. The number of anilines is 2. The second kappa shape index (κ2) is 6.94. The Labute approximate surface area is 170 Å². The predicted molar refractivity (Wildman–Crippen MR) is 114 cm³/mol. The van der Waals surface area contributed by atoms with E-state index in [1.807, 2.05) is 59.5 Å². The van der Waals surface area contributed by atoms with E-state index in [2.05, 4.69) is 34.5 Å². The van der Waals surface area contributed by atoms with Crippen molar-refractivity contribution in [3.63, 3.8) is 0 Å². The van der Waals surface area contributed by atoms with Crippen LogP contribution in [0, 0.1) is 0 Å². The summed E-state index contributed by atoms with van der Waals surface area (Å²) in [4.78, 5) is 17.8. The fourth-order valence-electron chi connectivity index (χ4n) is 4.36. The minimum absolute atomic E-state index is 0.0314. The molecule has 5 rings (SSSR count). The van der Waals surface area contributed by atoms with Gasteiger partial charge in [0.15, 0.2) is 0 Å². The van der Waals surface area contributed by atoms with Gasteiger partial charge in [0.05, 0.1) is 12.7 Å². The number of likely N-dealkylation sites (tertiary alicyclic amines) is 1. The highest BCUT2D eigenvalue weighted by Gasteiger charge is 2.53. The van der Waals surface area contributed by atoms with Crippen molar-refractivity contribution in [2.45, 2.75) is 12.2 Å². The molecule has 5 heteroatoms. The van der Waals surface area contributed by atoms with Crippen molar-refractivity contribution in [1.29, 1.82) is 0 Å². The first-order valence-corrected chi connectivity index (χ1v) is 9.81. The van der Waals surface area contributed by atoms with Crippen molar-refractivity contribution in [1.82, 2.24) is 4.90 Å². The first-order valence-electron chi connectivity index (χ1n) is 9.81. The monoisotopic (exact) mass is 385 g/mol. The highest BCUT2D eigenvalue weighted by molar-refractivity contribution is 6.13. The van der Waals surface area contributed by atoms with Crippen LogP contribution in [0.1, 0.15) is 15.9 Å². The van der Waals surface area contributed by atoms with Gasteiger partial charge < -0.3 is 10.1 Å². The Morgan fingerprint density at radius 2 is 1.62 bits per heavy atom. The van der Waals surface area contributed by atoms with E-state index >= 15 is 0 Å². The van der Waals surface area contributed by atoms with Gasteiger partial charge >= 0.3 is 0 Å². The largest absolute Gasteiger partial charge is 0.497 e. The number of para-hydroxylation sites is 1.